The minimum Gasteiger partial charge on any atom is -0.381 e. The van der Waals surface area contributed by atoms with Crippen LogP contribution >= 0.6 is 0 Å². The zero-order valence-electron chi connectivity index (χ0n) is 18.3. The molecule has 0 N–H and O–H groups in total. The predicted molar refractivity (Wildman–Crippen MR) is 113 cm³/mol. The lowest BCUT2D eigenvalue weighted by atomic mass is 9.95. The molecule has 0 aliphatic carbocycles. The van der Waals surface area contributed by atoms with Gasteiger partial charge in [0.05, 0.1) is 11.0 Å². The van der Waals surface area contributed by atoms with Crippen LogP contribution in [0.4, 0.5) is 0 Å². The van der Waals surface area contributed by atoms with E-state index >= 15 is 0 Å². The minimum absolute atomic E-state index is 0.0815. The lowest BCUT2D eigenvalue weighted by Gasteiger charge is -2.37. The molecular weight excluding hydrogens is 388 g/mol. The van der Waals surface area contributed by atoms with E-state index in [1.807, 2.05) is 38.7 Å². The summed E-state index contributed by atoms with van der Waals surface area (Å²) in [6.07, 6.45) is 3.17. The molecule has 7 heteroatoms. The van der Waals surface area contributed by atoms with Crippen LogP contribution in [0.1, 0.15) is 47.9 Å². The first-order chi connectivity index (χ1) is 13.7. The molecule has 0 radical (unpaired) electrons. The van der Waals surface area contributed by atoms with Crippen molar-refractivity contribution in [2.75, 3.05) is 33.3 Å². The number of amides is 1. The Balaban J connectivity index is 1.69. The van der Waals surface area contributed by atoms with E-state index in [0.29, 0.717) is 30.8 Å². The zero-order chi connectivity index (χ0) is 21.3. The number of aryl methyl sites for hydroxylation is 2. The number of rotatable bonds is 4. The Hall–Kier alpha value is -1.44. The van der Waals surface area contributed by atoms with Crippen molar-refractivity contribution in [3.63, 3.8) is 0 Å². The van der Waals surface area contributed by atoms with E-state index < -0.39 is 10.0 Å². The van der Waals surface area contributed by atoms with Crippen LogP contribution in [0.5, 0.6) is 0 Å². The summed E-state index contributed by atoms with van der Waals surface area (Å²) in [6, 6.07) is 2.04. The van der Waals surface area contributed by atoms with Crippen LogP contribution in [-0.2, 0) is 19.6 Å². The van der Waals surface area contributed by atoms with Gasteiger partial charge in [0.15, 0.2) is 0 Å². The average molecular weight is 423 g/mol. The molecule has 0 spiro atoms. The highest BCUT2D eigenvalue weighted by Gasteiger charge is 2.36. The van der Waals surface area contributed by atoms with Gasteiger partial charge in [-0.05, 0) is 75.6 Å². The summed E-state index contributed by atoms with van der Waals surface area (Å²) in [5.74, 6) is 0.0948. The van der Waals surface area contributed by atoms with E-state index in [-0.39, 0.29) is 17.9 Å². The van der Waals surface area contributed by atoms with Gasteiger partial charge in [-0.15, -0.1) is 0 Å². The molecule has 1 aromatic rings. The van der Waals surface area contributed by atoms with Gasteiger partial charge in [0.2, 0.25) is 15.9 Å². The monoisotopic (exact) mass is 422 g/mol. The molecule has 3 rings (SSSR count). The summed E-state index contributed by atoms with van der Waals surface area (Å²) in [4.78, 5) is 15.3. The Labute approximate surface area is 175 Å². The first kappa shape index (κ1) is 22.2. The molecule has 2 aliphatic heterocycles. The highest BCUT2D eigenvalue weighted by atomic mass is 32.2. The van der Waals surface area contributed by atoms with Gasteiger partial charge < -0.3 is 9.64 Å². The van der Waals surface area contributed by atoms with Gasteiger partial charge >= 0.3 is 0 Å². The Morgan fingerprint density at radius 2 is 1.45 bits per heavy atom. The number of hydrogen-bond donors (Lipinski definition) is 0. The Morgan fingerprint density at radius 3 is 1.93 bits per heavy atom. The molecule has 0 atom stereocenters. The number of hydrogen-bond acceptors (Lipinski definition) is 4. The second-order valence-corrected chi connectivity index (χ2v) is 10.4. The number of nitrogens with zero attached hydrogens (tertiary/aromatic N) is 2. The lowest BCUT2D eigenvalue weighted by Crippen LogP contribution is -2.47. The largest absolute Gasteiger partial charge is 0.381 e. The molecule has 1 amide bonds. The van der Waals surface area contributed by atoms with Gasteiger partial charge in [-0.2, -0.15) is 4.31 Å². The van der Waals surface area contributed by atoms with Gasteiger partial charge in [0.25, 0.3) is 0 Å². The maximum atomic E-state index is 13.4. The van der Waals surface area contributed by atoms with Gasteiger partial charge in [-0.1, -0.05) is 6.07 Å². The van der Waals surface area contributed by atoms with Crippen LogP contribution in [0.15, 0.2) is 11.0 Å². The first-order valence-corrected chi connectivity index (χ1v) is 12.0. The molecule has 162 valence electrons. The quantitative estimate of drug-likeness (QED) is 0.748. The topological polar surface area (TPSA) is 66.9 Å². The lowest BCUT2D eigenvalue weighted by molar-refractivity contribution is -0.139. The molecule has 0 bridgehead atoms. The van der Waals surface area contributed by atoms with Crippen molar-refractivity contribution in [3.05, 3.63) is 28.3 Å². The van der Waals surface area contributed by atoms with E-state index in [0.717, 1.165) is 48.2 Å². The number of benzene rings is 1. The summed E-state index contributed by atoms with van der Waals surface area (Å²) in [6.45, 7) is 9.95. The Bertz CT molecular complexity index is 839. The molecule has 29 heavy (non-hydrogen) atoms. The van der Waals surface area contributed by atoms with E-state index in [9.17, 15) is 13.2 Å². The summed E-state index contributed by atoms with van der Waals surface area (Å²) < 4.78 is 33.7. The number of ether oxygens (including phenoxy) is 1. The fraction of sp³-hybridized carbons (Fsp3) is 0.682. The molecule has 6 nitrogen and oxygen atoms in total. The molecule has 0 saturated carbocycles. The van der Waals surface area contributed by atoms with Crippen LogP contribution in [-0.4, -0.2) is 62.9 Å². The molecule has 0 aromatic heterocycles. The number of carbonyl (C=O) groups excluding carboxylic acids is 1. The summed E-state index contributed by atoms with van der Waals surface area (Å²) in [5.41, 5.74) is 3.65. The number of carbonyl (C=O) groups is 1. The van der Waals surface area contributed by atoms with Crippen molar-refractivity contribution in [2.24, 2.45) is 5.92 Å². The van der Waals surface area contributed by atoms with Crippen LogP contribution in [0, 0.1) is 33.6 Å². The third-order valence-electron chi connectivity index (χ3n) is 6.79. The first-order valence-electron chi connectivity index (χ1n) is 10.6. The number of piperidine rings is 2. The SMILES string of the molecule is COC1CCN(C(=O)C2CCN(S(=O)(=O)c3c(C)c(C)cc(C)c3C)CC2)CC1. The van der Waals surface area contributed by atoms with Gasteiger partial charge in [-0.25, -0.2) is 8.42 Å². The normalized spacial score (nSPS) is 20.2. The van der Waals surface area contributed by atoms with Crippen molar-refractivity contribution in [1.82, 2.24) is 9.21 Å². The molecule has 2 aliphatic rings. The van der Waals surface area contributed by atoms with Crippen molar-refractivity contribution < 1.29 is 17.9 Å². The number of sulfonamides is 1. The number of likely N-dealkylation sites (tertiary alicyclic amines) is 1. The van der Waals surface area contributed by atoms with Crippen molar-refractivity contribution >= 4 is 15.9 Å². The van der Waals surface area contributed by atoms with Crippen molar-refractivity contribution in [1.29, 1.82) is 0 Å². The van der Waals surface area contributed by atoms with Gasteiger partial charge in [0, 0.05) is 39.2 Å². The summed E-state index contributed by atoms with van der Waals surface area (Å²) in [5, 5.41) is 0. The molecule has 2 fully saturated rings. The van der Waals surface area contributed by atoms with E-state index in [4.69, 9.17) is 4.74 Å². The molecule has 2 heterocycles. The van der Waals surface area contributed by atoms with Gasteiger partial charge in [-0.3, -0.25) is 4.79 Å². The number of methoxy groups -OCH3 is 1. The third-order valence-corrected chi connectivity index (χ3v) is 8.96. The molecular formula is C22H34N2O4S. The van der Waals surface area contributed by atoms with Crippen LogP contribution in [0.25, 0.3) is 0 Å². The maximum absolute atomic E-state index is 13.4. The Kier molecular flexibility index (Phi) is 6.70. The van der Waals surface area contributed by atoms with Crippen LogP contribution in [0.3, 0.4) is 0 Å². The van der Waals surface area contributed by atoms with Crippen molar-refractivity contribution in [2.45, 2.75) is 64.4 Å². The standard InChI is InChI=1S/C22H34N2O4S/c1-15-14-16(2)18(4)21(17(15)3)29(26,27)24-12-6-19(7-13-24)22(25)23-10-8-20(28-5)9-11-23/h14,19-20H,6-13H2,1-5H3. The van der Waals surface area contributed by atoms with E-state index in [2.05, 4.69) is 0 Å². The fourth-order valence-corrected chi connectivity index (χ4v) is 6.66. The summed E-state index contributed by atoms with van der Waals surface area (Å²) in [7, 11) is -1.84. The molecule has 2 saturated heterocycles. The minimum atomic E-state index is -3.56. The fourth-order valence-electron chi connectivity index (χ4n) is 4.61. The van der Waals surface area contributed by atoms with E-state index in [1.165, 1.54) is 0 Å². The molecule has 1 aromatic carbocycles. The second kappa shape index (κ2) is 8.74. The third kappa shape index (κ3) is 4.37. The zero-order valence-corrected chi connectivity index (χ0v) is 19.1. The van der Waals surface area contributed by atoms with Gasteiger partial charge in [0.1, 0.15) is 0 Å². The molecule has 0 unspecified atom stereocenters. The second-order valence-electron chi connectivity index (χ2n) is 8.53. The smallest absolute Gasteiger partial charge is 0.243 e. The van der Waals surface area contributed by atoms with E-state index in [1.54, 1.807) is 11.4 Å². The van der Waals surface area contributed by atoms with Crippen molar-refractivity contribution in [3.8, 4) is 0 Å². The highest BCUT2D eigenvalue weighted by molar-refractivity contribution is 7.89. The maximum Gasteiger partial charge on any atom is 0.243 e. The Morgan fingerprint density at radius 1 is 0.931 bits per heavy atom. The van der Waals surface area contributed by atoms with Crippen LogP contribution in [0.2, 0.25) is 0 Å². The van der Waals surface area contributed by atoms with Crippen LogP contribution < -0.4 is 0 Å². The highest BCUT2D eigenvalue weighted by Crippen LogP contribution is 2.31. The summed E-state index contributed by atoms with van der Waals surface area (Å²) >= 11 is 0. The predicted octanol–water partition coefficient (Wildman–Crippen LogP) is 2.96. The average Bonchev–Trinajstić information content (AvgIpc) is 2.72.